The summed E-state index contributed by atoms with van der Waals surface area (Å²) in [7, 11) is 2.15. The van der Waals surface area contributed by atoms with Gasteiger partial charge in [-0.1, -0.05) is 12.2 Å². The number of carboxylic acid groups (broad SMARTS) is 1. The van der Waals surface area contributed by atoms with Gasteiger partial charge in [0.2, 0.25) is 12.4 Å². The van der Waals surface area contributed by atoms with Gasteiger partial charge in [0.15, 0.2) is 0 Å². The van der Waals surface area contributed by atoms with Gasteiger partial charge in [0.25, 0.3) is 0 Å². The lowest BCUT2D eigenvalue weighted by atomic mass is 9.98. The Morgan fingerprint density at radius 3 is 2.45 bits per heavy atom. The number of benzene rings is 1. The summed E-state index contributed by atoms with van der Waals surface area (Å²) in [5, 5.41) is 12.2. The predicted molar refractivity (Wildman–Crippen MR) is 155 cm³/mol. The molecule has 0 radical (unpaired) electrons. The number of nitrogens with one attached hydrogen (secondary N) is 1. The number of hydrogen-bond acceptors (Lipinski definition) is 8. The SMILES string of the molecule is C=C(C)C(CN(C)C1CCOCC1)N(C=O)C1CCN(Cc2cnc(Nc3ccc(C(=O)O)cc3)nc2C)CC1. The van der Waals surface area contributed by atoms with E-state index >= 15 is 0 Å². The molecule has 0 saturated carbocycles. The quantitative estimate of drug-likeness (QED) is 0.302. The largest absolute Gasteiger partial charge is 0.478 e. The molecule has 0 bridgehead atoms. The number of amides is 1. The van der Waals surface area contributed by atoms with Crippen LogP contribution in [0.25, 0.3) is 0 Å². The topological polar surface area (TPSA) is 111 Å². The first-order chi connectivity index (χ1) is 19.2. The summed E-state index contributed by atoms with van der Waals surface area (Å²) in [6, 6.07) is 7.16. The fraction of sp³-hybridized carbons (Fsp3) is 0.533. The highest BCUT2D eigenvalue weighted by Crippen LogP contribution is 2.24. The van der Waals surface area contributed by atoms with Crippen LogP contribution in [0.1, 0.15) is 54.2 Å². The molecule has 10 nitrogen and oxygen atoms in total. The molecule has 2 aromatic rings. The van der Waals surface area contributed by atoms with Crippen molar-refractivity contribution in [1.29, 1.82) is 0 Å². The molecule has 2 fully saturated rings. The minimum absolute atomic E-state index is 0.00193. The van der Waals surface area contributed by atoms with Crippen molar-refractivity contribution in [2.24, 2.45) is 0 Å². The van der Waals surface area contributed by atoms with Crippen molar-refractivity contribution in [2.45, 2.75) is 64.2 Å². The fourth-order valence-corrected chi connectivity index (χ4v) is 5.62. The Bertz CT molecular complexity index is 1160. The number of carboxylic acids is 1. The molecule has 2 N–H and O–H groups in total. The molecule has 40 heavy (non-hydrogen) atoms. The first kappa shape index (κ1) is 29.6. The third kappa shape index (κ3) is 7.65. The molecule has 1 amide bonds. The molecule has 1 unspecified atom stereocenters. The molecule has 2 aliphatic rings. The van der Waals surface area contributed by atoms with Gasteiger partial charge < -0.3 is 25.0 Å². The minimum Gasteiger partial charge on any atom is -0.478 e. The molecule has 1 aromatic heterocycles. The van der Waals surface area contributed by atoms with Gasteiger partial charge in [0.05, 0.1) is 11.6 Å². The van der Waals surface area contributed by atoms with Gasteiger partial charge >= 0.3 is 5.97 Å². The van der Waals surface area contributed by atoms with Gasteiger partial charge in [-0.25, -0.2) is 14.8 Å². The van der Waals surface area contributed by atoms with E-state index in [1.54, 1.807) is 24.3 Å². The number of rotatable bonds is 12. The molecule has 216 valence electrons. The Hall–Kier alpha value is -3.34. The molecule has 2 saturated heterocycles. The number of ether oxygens (including phenoxy) is 1. The molecule has 4 rings (SSSR count). The number of hydrogen-bond donors (Lipinski definition) is 2. The predicted octanol–water partition coefficient (Wildman–Crippen LogP) is 3.71. The molecular formula is C30H42N6O4. The molecular weight excluding hydrogens is 508 g/mol. The van der Waals surface area contributed by atoms with Crippen LogP contribution in [-0.4, -0.2) is 100 Å². The Morgan fingerprint density at radius 1 is 1.20 bits per heavy atom. The zero-order chi connectivity index (χ0) is 28.6. The average Bonchev–Trinajstić information content (AvgIpc) is 2.95. The van der Waals surface area contributed by atoms with E-state index in [9.17, 15) is 9.59 Å². The van der Waals surface area contributed by atoms with E-state index in [1.165, 1.54) is 0 Å². The lowest BCUT2D eigenvalue weighted by Gasteiger charge is -2.43. The summed E-state index contributed by atoms with van der Waals surface area (Å²) in [5.41, 5.74) is 3.94. The van der Waals surface area contributed by atoms with Crippen molar-refractivity contribution in [1.82, 2.24) is 24.7 Å². The number of carbonyl (C=O) groups excluding carboxylic acids is 1. The van der Waals surface area contributed by atoms with Crippen molar-refractivity contribution in [3.8, 4) is 0 Å². The van der Waals surface area contributed by atoms with Crippen LogP contribution in [0.15, 0.2) is 42.6 Å². The second kappa shape index (κ2) is 13.8. The number of likely N-dealkylation sites (tertiary alicyclic amines) is 1. The highest BCUT2D eigenvalue weighted by molar-refractivity contribution is 5.88. The zero-order valence-corrected chi connectivity index (χ0v) is 23.9. The van der Waals surface area contributed by atoms with Crippen molar-refractivity contribution < 1.29 is 19.4 Å². The normalized spacial score (nSPS) is 17.9. The smallest absolute Gasteiger partial charge is 0.335 e. The molecule has 2 aliphatic heterocycles. The molecule has 10 heteroatoms. The molecule has 1 aromatic carbocycles. The third-order valence-electron chi connectivity index (χ3n) is 8.17. The van der Waals surface area contributed by atoms with Gasteiger partial charge in [-0.2, -0.15) is 0 Å². The Labute approximate surface area is 237 Å². The lowest BCUT2D eigenvalue weighted by molar-refractivity contribution is -0.123. The van der Waals surface area contributed by atoms with E-state index in [-0.39, 0.29) is 17.6 Å². The van der Waals surface area contributed by atoms with Crippen LogP contribution in [0.4, 0.5) is 11.6 Å². The maximum atomic E-state index is 12.3. The molecule has 0 spiro atoms. The van der Waals surface area contributed by atoms with Crippen LogP contribution in [0.3, 0.4) is 0 Å². The summed E-state index contributed by atoms with van der Waals surface area (Å²) in [5.74, 6) is -0.485. The van der Waals surface area contributed by atoms with Gasteiger partial charge in [0.1, 0.15) is 0 Å². The van der Waals surface area contributed by atoms with Gasteiger partial charge in [0, 0.05) is 74.6 Å². The van der Waals surface area contributed by atoms with Crippen LogP contribution in [0, 0.1) is 6.92 Å². The number of likely N-dealkylation sites (N-methyl/N-ethyl adjacent to an activating group) is 1. The van der Waals surface area contributed by atoms with E-state index in [4.69, 9.17) is 9.84 Å². The maximum absolute atomic E-state index is 12.3. The van der Waals surface area contributed by atoms with Gasteiger partial charge in [-0.05, 0) is 70.8 Å². The van der Waals surface area contributed by atoms with Crippen molar-refractivity contribution in [3.05, 3.63) is 59.4 Å². The molecule has 0 aliphatic carbocycles. The molecule has 1 atom stereocenters. The summed E-state index contributed by atoms with van der Waals surface area (Å²) in [4.78, 5) is 39.2. The van der Waals surface area contributed by atoms with Gasteiger partial charge in [-0.3, -0.25) is 9.69 Å². The first-order valence-corrected chi connectivity index (χ1v) is 14.1. The number of aromatic nitrogens is 2. The molecule has 3 heterocycles. The van der Waals surface area contributed by atoms with Crippen LogP contribution >= 0.6 is 0 Å². The maximum Gasteiger partial charge on any atom is 0.335 e. The van der Waals surface area contributed by atoms with E-state index in [0.717, 1.165) is 94.0 Å². The number of carbonyl (C=O) groups is 2. The highest BCUT2D eigenvalue weighted by atomic mass is 16.5. The minimum atomic E-state index is -0.959. The van der Waals surface area contributed by atoms with Crippen LogP contribution < -0.4 is 5.32 Å². The van der Waals surface area contributed by atoms with Crippen molar-refractivity contribution in [3.63, 3.8) is 0 Å². The van der Waals surface area contributed by atoms with E-state index < -0.39 is 5.97 Å². The van der Waals surface area contributed by atoms with Crippen LogP contribution in [0.2, 0.25) is 0 Å². The Morgan fingerprint density at radius 2 is 1.88 bits per heavy atom. The van der Waals surface area contributed by atoms with Crippen LogP contribution in [0.5, 0.6) is 0 Å². The number of aromatic carboxylic acids is 1. The van der Waals surface area contributed by atoms with Crippen LogP contribution in [-0.2, 0) is 16.1 Å². The number of piperidine rings is 1. The standard InChI is InChI=1S/C30H42N6O4/c1-21(2)28(19-34(4)26-11-15-40-16-12-26)36(20-37)27-9-13-35(14-10-27)18-24-17-31-30(32-22(24)3)33-25-7-5-23(6-8-25)29(38)39/h5-8,17,20,26-28H,1,9-16,18-19H2,2-4H3,(H,38,39)(H,31,32,33). The first-order valence-electron chi connectivity index (χ1n) is 14.1. The average molecular weight is 551 g/mol. The zero-order valence-electron chi connectivity index (χ0n) is 23.9. The summed E-state index contributed by atoms with van der Waals surface area (Å²) in [6.07, 6.45) is 6.75. The number of aryl methyl sites for hydroxylation is 1. The Kier molecular flexibility index (Phi) is 10.2. The second-order valence-electron chi connectivity index (χ2n) is 11.0. The van der Waals surface area contributed by atoms with E-state index in [1.807, 2.05) is 24.9 Å². The fourth-order valence-electron chi connectivity index (χ4n) is 5.62. The summed E-state index contributed by atoms with van der Waals surface area (Å²) < 4.78 is 5.52. The monoisotopic (exact) mass is 550 g/mol. The van der Waals surface area contributed by atoms with Gasteiger partial charge in [-0.15, -0.1) is 0 Å². The summed E-state index contributed by atoms with van der Waals surface area (Å²) >= 11 is 0. The van der Waals surface area contributed by atoms with Crippen molar-refractivity contribution in [2.75, 3.05) is 45.2 Å². The lowest BCUT2D eigenvalue weighted by Crippen LogP contribution is -2.53. The summed E-state index contributed by atoms with van der Waals surface area (Å²) in [6.45, 7) is 13.2. The second-order valence-corrected chi connectivity index (χ2v) is 11.0. The number of anilines is 2. The Balaban J connectivity index is 1.31. The van der Waals surface area contributed by atoms with Crippen molar-refractivity contribution >= 4 is 24.0 Å². The van der Waals surface area contributed by atoms with E-state index in [2.05, 4.69) is 38.7 Å². The highest BCUT2D eigenvalue weighted by Gasteiger charge is 2.31. The number of nitrogens with zero attached hydrogens (tertiary/aromatic N) is 5. The van der Waals surface area contributed by atoms with E-state index in [0.29, 0.717) is 12.0 Å². The third-order valence-corrected chi connectivity index (χ3v) is 8.17.